The predicted octanol–water partition coefficient (Wildman–Crippen LogP) is 3.90. The van der Waals surface area contributed by atoms with Gasteiger partial charge < -0.3 is 4.90 Å². The van der Waals surface area contributed by atoms with E-state index in [9.17, 15) is 18.0 Å². The zero-order valence-electron chi connectivity index (χ0n) is 16.8. The van der Waals surface area contributed by atoms with Crippen LogP contribution in [0.5, 0.6) is 0 Å². The van der Waals surface area contributed by atoms with Crippen LogP contribution in [0.25, 0.3) is 0 Å². The lowest BCUT2D eigenvalue weighted by atomic mass is 9.91. The highest BCUT2D eigenvalue weighted by Crippen LogP contribution is 2.33. The third-order valence-corrected chi connectivity index (χ3v) is 7.04. The molecular formula is C23H24N2O4S. The molecule has 0 bridgehead atoms. The van der Waals surface area contributed by atoms with E-state index >= 15 is 0 Å². The van der Waals surface area contributed by atoms with Gasteiger partial charge in [0.15, 0.2) is 4.91 Å². The van der Waals surface area contributed by atoms with Crippen LogP contribution in [0, 0.1) is 6.92 Å². The van der Waals surface area contributed by atoms with Gasteiger partial charge in [-0.1, -0.05) is 55.3 Å². The number of anilines is 1. The summed E-state index contributed by atoms with van der Waals surface area (Å²) in [7, 11) is -4.28. The number of nitrogens with zero attached hydrogens (tertiary/aromatic N) is 1. The molecule has 1 saturated heterocycles. The van der Waals surface area contributed by atoms with E-state index < -0.39 is 26.5 Å². The van der Waals surface area contributed by atoms with Gasteiger partial charge in [-0.3, -0.25) is 14.3 Å². The Morgan fingerprint density at radius 1 is 0.800 bits per heavy atom. The number of likely N-dealkylation sites (tertiary alicyclic amines) is 1. The highest BCUT2D eigenvalue weighted by atomic mass is 32.2. The molecule has 2 aromatic rings. The van der Waals surface area contributed by atoms with Crippen molar-refractivity contribution in [2.24, 2.45) is 0 Å². The molecule has 4 rings (SSSR count). The predicted molar refractivity (Wildman–Crippen MR) is 116 cm³/mol. The summed E-state index contributed by atoms with van der Waals surface area (Å²) in [5, 5.41) is 0. The first kappa shape index (κ1) is 20.3. The summed E-state index contributed by atoms with van der Waals surface area (Å²) in [5.74, 6) is -1.04. The van der Waals surface area contributed by atoms with Crippen molar-refractivity contribution in [1.82, 2.24) is 4.90 Å². The van der Waals surface area contributed by atoms with Crippen LogP contribution in [-0.4, -0.2) is 38.0 Å². The first-order valence-electron chi connectivity index (χ1n) is 10.2. The Bertz CT molecular complexity index is 1140. The summed E-state index contributed by atoms with van der Waals surface area (Å²) < 4.78 is 29.4. The lowest BCUT2D eigenvalue weighted by Gasteiger charge is -2.30. The Morgan fingerprint density at radius 2 is 1.37 bits per heavy atom. The molecule has 0 atom stereocenters. The van der Waals surface area contributed by atoms with E-state index in [-0.39, 0.29) is 16.8 Å². The van der Waals surface area contributed by atoms with E-state index in [1.165, 1.54) is 6.07 Å². The minimum absolute atomic E-state index is 0.00156. The van der Waals surface area contributed by atoms with Gasteiger partial charge in [0.2, 0.25) is 11.6 Å². The Kier molecular flexibility index (Phi) is 5.47. The van der Waals surface area contributed by atoms with E-state index in [4.69, 9.17) is 0 Å². The number of carbonyl (C=O) groups is 2. The van der Waals surface area contributed by atoms with Gasteiger partial charge in [0.25, 0.3) is 10.0 Å². The van der Waals surface area contributed by atoms with Gasteiger partial charge in [0, 0.05) is 24.2 Å². The molecule has 1 fully saturated rings. The van der Waals surface area contributed by atoms with E-state index in [0.29, 0.717) is 18.8 Å². The van der Waals surface area contributed by atoms with Crippen molar-refractivity contribution < 1.29 is 18.0 Å². The highest BCUT2D eigenvalue weighted by molar-refractivity contribution is 7.97. The fourth-order valence-electron chi connectivity index (χ4n) is 4.05. The Hall–Kier alpha value is -2.93. The molecule has 1 N–H and O–H groups in total. The maximum Gasteiger partial charge on any atom is 0.268 e. The maximum atomic E-state index is 13.4. The smallest absolute Gasteiger partial charge is 0.268 e. The molecule has 1 heterocycles. The quantitative estimate of drug-likeness (QED) is 0.805. The molecule has 1 aliphatic heterocycles. The number of aryl methyl sites for hydroxylation is 1. The van der Waals surface area contributed by atoms with Crippen molar-refractivity contribution in [3.8, 4) is 0 Å². The molecule has 1 aliphatic carbocycles. The number of nitrogens with one attached hydrogen (secondary N) is 1. The van der Waals surface area contributed by atoms with Gasteiger partial charge >= 0.3 is 0 Å². The fourth-order valence-corrected chi connectivity index (χ4v) is 5.50. The van der Waals surface area contributed by atoms with Crippen LogP contribution in [0.15, 0.2) is 59.1 Å². The van der Waals surface area contributed by atoms with E-state index in [2.05, 4.69) is 4.72 Å². The third kappa shape index (κ3) is 3.65. The summed E-state index contributed by atoms with van der Waals surface area (Å²) in [6, 6.07) is 13.4. The average Bonchev–Trinajstić information content (AvgIpc) is 3.01. The van der Waals surface area contributed by atoms with Crippen molar-refractivity contribution in [1.29, 1.82) is 0 Å². The van der Waals surface area contributed by atoms with E-state index in [0.717, 1.165) is 31.2 Å². The fraction of sp³-hybridized carbons (Fsp3) is 0.304. The number of Topliss-reactive ketones (excluding diaryl/α,β-unsaturated/α-hetero) is 2. The molecule has 6 nitrogen and oxygen atoms in total. The van der Waals surface area contributed by atoms with Gasteiger partial charge in [-0.25, -0.2) is 8.42 Å². The number of benzene rings is 2. The van der Waals surface area contributed by atoms with Crippen LogP contribution >= 0.6 is 0 Å². The maximum absolute atomic E-state index is 13.4. The second-order valence-electron chi connectivity index (χ2n) is 7.70. The molecule has 0 saturated carbocycles. The van der Waals surface area contributed by atoms with Crippen LogP contribution in [0.3, 0.4) is 0 Å². The Labute approximate surface area is 176 Å². The molecule has 7 heteroatoms. The van der Waals surface area contributed by atoms with Crippen molar-refractivity contribution in [2.45, 2.75) is 32.6 Å². The number of carbonyl (C=O) groups excluding carboxylic acids is 2. The van der Waals surface area contributed by atoms with Crippen molar-refractivity contribution in [3.63, 3.8) is 0 Å². The Balaban J connectivity index is 1.88. The lowest BCUT2D eigenvalue weighted by molar-refractivity contribution is 0.0947. The van der Waals surface area contributed by atoms with Crippen LogP contribution in [0.4, 0.5) is 5.69 Å². The normalized spacial score (nSPS) is 17.6. The van der Waals surface area contributed by atoms with Crippen molar-refractivity contribution in [3.05, 3.63) is 75.8 Å². The number of fused-ring (bicyclic) bond motifs is 1. The molecule has 2 aliphatic rings. The van der Waals surface area contributed by atoms with Crippen molar-refractivity contribution >= 4 is 27.3 Å². The molecule has 0 unspecified atom stereocenters. The van der Waals surface area contributed by atoms with Crippen LogP contribution in [0.1, 0.15) is 52.0 Å². The molecule has 2 aromatic carbocycles. The van der Waals surface area contributed by atoms with Crippen molar-refractivity contribution in [2.75, 3.05) is 17.8 Å². The summed E-state index contributed by atoms with van der Waals surface area (Å²) >= 11 is 0. The van der Waals surface area contributed by atoms with Gasteiger partial charge in [0.05, 0.1) is 5.69 Å². The monoisotopic (exact) mass is 424 g/mol. The largest absolute Gasteiger partial charge is 0.367 e. The minimum Gasteiger partial charge on any atom is -0.367 e. The molecule has 0 spiro atoms. The molecular weight excluding hydrogens is 400 g/mol. The summed E-state index contributed by atoms with van der Waals surface area (Å²) in [6.07, 6.45) is 3.74. The van der Waals surface area contributed by atoms with Gasteiger partial charge in [-0.15, -0.1) is 0 Å². The number of hydrogen-bond donors (Lipinski definition) is 1. The third-order valence-electron chi connectivity index (χ3n) is 5.63. The topological polar surface area (TPSA) is 83.6 Å². The molecule has 156 valence electrons. The van der Waals surface area contributed by atoms with Gasteiger partial charge in [0.1, 0.15) is 5.70 Å². The zero-order chi connectivity index (χ0) is 21.3. The van der Waals surface area contributed by atoms with Gasteiger partial charge in [-0.05, 0) is 31.4 Å². The summed E-state index contributed by atoms with van der Waals surface area (Å²) in [5.41, 5.74) is 1.51. The molecule has 0 aromatic heterocycles. The van der Waals surface area contributed by atoms with Crippen LogP contribution < -0.4 is 4.72 Å². The molecule has 0 amide bonds. The Morgan fingerprint density at radius 3 is 2.00 bits per heavy atom. The first-order valence-corrected chi connectivity index (χ1v) is 11.6. The van der Waals surface area contributed by atoms with E-state index in [1.54, 1.807) is 54.3 Å². The lowest BCUT2D eigenvalue weighted by Crippen LogP contribution is -2.38. The van der Waals surface area contributed by atoms with Crippen LogP contribution in [0.2, 0.25) is 0 Å². The second-order valence-corrected chi connectivity index (χ2v) is 9.32. The second kappa shape index (κ2) is 8.07. The summed E-state index contributed by atoms with van der Waals surface area (Å²) in [4.78, 5) is 28.1. The minimum atomic E-state index is -4.28. The number of para-hydroxylation sites is 1. The number of allylic oxidation sites excluding steroid dienone is 2. The van der Waals surface area contributed by atoms with Crippen LogP contribution in [-0.2, 0) is 10.0 Å². The standard InChI is InChI=1S/C23H24N2O4S/c1-16-10-4-7-13-19(16)24-30(28,29)23-20(25-14-8-2-3-9-15-25)21(26)17-11-5-6-12-18(17)22(23)27/h4-7,10-13,24H,2-3,8-9,14-15H2,1H3. The first-order chi connectivity index (χ1) is 14.4. The SMILES string of the molecule is Cc1ccccc1NS(=O)(=O)C1=C(N2CCCCCC2)C(=O)c2ccccc2C1=O. The average molecular weight is 425 g/mol. The van der Waals surface area contributed by atoms with E-state index in [1.807, 2.05) is 0 Å². The number of ketones is 2. The van der Waals surface area contributed by atoms with Gasteiger partial charge in [-0.2, -0.15) is 0 Å². The summed E-state index contributed by atoms with van der Waals surface area (Å²) in [6.45, 7) is 2.89. The zero-order valence-corrected chi connectivity index (χ0v) is 17.7. The molecule has 0 radical (unpaired) electrons. The molecule has 30 heavy (non-hydrogen) atoms. The number of hydrogen-bond acceptors (Lipinski definition) is 5. The number of sulfonamides is 1. The highest BCUT2D eigenvalue weighted by Gasteiger charge is 2.41. The number of rotatable bonds is 4.